The van der Waals surface area contributed by atoms with Gasteiger partial charge in [0.2, 0.25) is 5.91 Å². The van der Waals surface area contributed by atoms with Crippen molar-refractivity contribution in [3.05, 3.63) is 0 Å². The van der Waals surface area contributed by atoms with Crippen LogP contribution in [0.5, 0.6) is 0 Å². The van der Waals surface area contributed by atoms with Crippen molar-refractivity contribution in [2.24, 2.45) is 11.8 Å². The van der Waals surface area contributed by atoms with Crippen molar-refractivity contribution in [1.82, 2.24) is 10.7 Å². The van der Waals surface area contributed by atoms with Gasteiger partial charge in [0.15, 0.2) is 0 Å². The highest BCUT2D eigenvalue weighted by Gasteiger charge is 2.19. The number of nitrogens with one attached hydrogen (secondary N) is 2. The molecular weight excluding hydrogens is 210 g/mol. The van der Waals surface area contributed by atoms with Gasteiger partial charge in [0.25, 0.3) is 6.47 Å². The number of rotatable bonds is 3. The minimum atomic E-state index is -0.318. The molecule has 0 radical (unpaired) electrons. The van der Waals surface area contributed by atoms with Gasteiger partial charge in [0.05, 0.1) is 0 Å². The van der Waals surface area contributed by atoms with Gasteiger partial charge in [-0.1, -0.05) is 0 Å². The molecule has 4 N–H and O–H groups in total. The number of carbonyl (C=O) groups excluding carboxylic acids is 2. The first-order valence-corrected chi connectivity index (χ1v) is 5.20. The molecule has 1 saturated heterocycles. The molecule has 0 aliphatic carbocycles. The number of ether oxygens (including phenoxy) is 1. The molecule has 1 amide bonds. The van der Waals surface area contributed by atoms with Gasteiger partial charge < -0.3 is 10.1 Å². The van der Waals surface area contributed by atoms with Crippen molar-refractivity contribution in [3.8, 4) is 0 Å². The van der Waals surface area contributed by atoms with Crippen LogP contribution in [-0.4, -0.2) is 31.1 Å². The van der Waals surface area contributed by atoms with Gasteiger partial charge in [-0.2, -0.15) is 0 Å². The predicted molar refractivity (Wildman–Crippen MR) is 60.2 cm³/mol. The van der Waals surface area contributed by atoms with Crippen molar-refractivity contribution >= 4 is 12.4 Å². The molecule has 1 rings (SSSR count). The Kier molecular flexibility index (Phi) is 6.67. The summed E-state index contributed by atoms with van der Waals surface area (Å²) in [6, 6.07) is 0. The normalized spacial score (nSPS) is 15.2. The number of amides is 1. The number of hydrogen-bond acceptors (Lipinski definition) is 5. The lowest BCUT2D eigenvalue weighted by molar-refractivity contribution is -0.138. The van der Waals surface area contributed by atoms with E-state index < -0.39 is 0 Å². The molecule has 6 nitrogen and oxygen atoms in total. The summed E-state index contributed by atoms with van der Waals surface area (Å²) >= 11 is 0. The van der Waals surface area contributed by atoms with Gasteiger partial charge in [-0.15, -0.1) is 0 Å². The molecule has 1 fully saturated rings. The first-order valence-electron chi connectivity index (χ1n) is 5.20. The SMILES string of the molecule is CC(C)(C)OC=O.NNC(=O)CC1CNC1. The molecule has 16 heavy (non-hydrogen) atoms. The van der Waals surface area contributed by atoms with Crippen molar-refractivity contribution in [3.63, 3.8) is 0 Å². The molecule has 0 aromatic rings. The smallest absolute Gasteiger partial charge is 0.293 e. The molecule has 0 aromatic carbocycles. The van der Waals surface area contributed by atoms with Crippen LogP contribution in [0.4, 0.5) is 0 Å². The predicted octanol–water partition coefficient (Wildman–Crippen LogP) is -0.456. The third-order valence-electron chi connectivity index (χ3n) is 1.90. The average molecular weight is 231 g/mol. The molecule has 6 heteroatoms. The lowest BCUT2D eigenvalue weighted by atomic mass is 9.99. The van der Waals surface area contributed by atoms with Crippen LogP contribution in [0.25, 0.3) is 0 Å². The summed E-state index contributed by atoms with van der Waals surface area (Å²) in [6.45, 7) is 7.82. The molecule has 0 spiro atoms. The quantitative estimate of drug-likeness (QED) is 0.264. The summed E-state index contributed by atoms with van der Waals surface area (Å²) in [4.78, 5) is 20.1. The molecule has 0 bridgehead atoms. The highest BCUT2D eigenvalue weighted by molar-refractivity contribution is 5.75. The maximum atomic E-state index is 10.6. The van der Waals surface area contributed by atoms with Crippen molar-refractivity contribution < 1.29 is 14.3 Å². The van der Waals surface area contributed by atoms with Crippen molar-refractivity contribution in [2.45, 2.75) is 32.8 Å². The molecule has 0 unspecified atom stereocenters. The molecule has 1 aliphatic rings. The Morgan fingerprint density at radius 2 is 2.12 bits per heavy atom. The van der Waals surface area contributed by atoms with Gasteiger partial charge in [-0.3, -0.25) is 15.0 Å². The topological polar surface area (TPSA) is 93.4 Å². The number of carbonyl (C=O) groups is 2. The molecule has 1 aliphatic heterocycles. The summed E-state index contributed by atoms with van der Waals surface area (Å²) in [6.07, 6.45) is 0.559. The average Bonchev–Trinajstić information content (AvgIpc) is 2.10. The minimum absolute atomic E-state index is 0.0681. The summed E-state index contributed by atoms with van der Waals surface area (Å²) in [5.74, 6) is 5.32. The van der Waals surface area contributed by atoms with Crippen molar-refractivity contribution in [1.29, 1.82) is 0 Å². The van der Waals surface area contributed by atoms with E-state index in [1.165, 1.54) is 0 Å². The van der Waals surface area contributed by atoms with E-state index in [9.17, 15) is 9.59 Å². The van der Waals surface area contributed by atoms with Crippen LogP contribution < -0.4 is 16.6 Å². The second-order valence-corrected chi connectivity index (χ2v) is 4.62. The van der Waals surface area contributed by atoms with Crippen LogP contribution in [-0.2, 0) is 14.3 Å². The van der Waals surface area contributed by atoms with Crippen LogP contribution in [0.15, 0.2) is 0 Å². The molecule has 1 heterocycles. The standard InChI is InChI=1S/C5H11N3O.C5H10O2/c6-8-5(9)1-4-2-7-3-4;1-5(2,3)7-4-6/h4,7H,1-3,6H2,(H,8,9);4H,1-3H3. The van der Waals surface area contributed by atoms with E-state index in [2.05, 4.69) is 15.5 Å². The van der Waals surface area contributed by atoms with Crippen LogP contribution in [0, 0.1) is 5.92 Å². The number of nitrogens with two attached hydrogens (primary N) is 1. The zero-order valence-electron chi connectivity index (χ0n) is 10.1. The Morgan fingerprint density at radius 1 is 1.56 bits per heavy atom. The zero-order valence-corrected chi connectivity index (χ0v) is 10.1. The van der Waals surface area contributed by atoms with E-state index in [0.717, 1.165) is 13.1 Å². The molecule has 0 atom stereocenters. The Hall–Kier alpha value is -1.14. The van der Waals surface area contributed by atoms with E-state index in [0.29, 0.717) is 18.8 Å². The Morgan fingerprint density at radius 3 is 2.31 bits per heavy atom. The van der Waals surface area contributed by atoms with Crippen molar-refractivity contribution in [2.75, 3.05) is 13.1 Å². The molecule has 0 aromatic heterocycles. The highest BCUT2D eigenvalue weighted by atomic mass is 16.5. The third-order valence-corrected chi connectivity index (χ3v) is 1.90. The summed E-state index contributed by atoms with van der Waals surface area (Å²) < 4.78 is 4.55. The second-order valence-electron chi connectivity index (χ2n) is 4.62. The Balaban J connectivity index is 0.000000293. The number of hydrazine groups is 1. The van der Waals surface area contributed by atoms with Gasteiger partial charge in [0, 0.05) is 6.42 Å². The third kappa shape index (κ3) is 8.19. The van der Waals surface area contributed by atoms with Crippen LogP contribution in [0.2, 0.25) is 0 Å². The fourth-order valence-corrected chi connectivity index (χ4v) is 0.958. The molecule has 0 saturated carbocycles. The van der Waals surface area contributed by atoms with Gasteiger partial charge in [0.1, 0.15) is 5.60 Å². The lowest BCUT2D eigenvalue weighted by Gasteiger charge is -2.25. The van der Waals surface area contributed by atoms with Crippen LogP contribution in [0.1, 0.15) is 27.2 Å². The van der Waals surface area contributed by atoms with Crippen LogP contribution >= 0.6 is 0 Å². The lowest BCUT2D eigenvalue weighted by Crippen LogP contribution is -2.45. The van der Waals surface area contributed by atoms with Gasteiger partial charge >= 0.3 is 0 Å². The summed E-state index contributed by atoms with van der Waals surface area (Å²) in [5, 5.41) is 3.07. The first kappa shape index (κ1) is 14.9. The largest absolute Gasteiger partial charge is 0.462 e. The van der Waals surface area contributed by atoms with E-state index in [-0.39, 0.29) is 11.5 Å². The van der Waals surface area contributed by atoms with E-state index >= 15 is 0 Å². The maximum Gasteiger partial charge on any atom is 0.293 e. The van der Waals surface area contributed by atoms with Crippen LogP contribution in [0.3, 0.4) is 0 Å². The minimum Gasteiger partial charge on any atom is -0.462 e. The van der Waals surface area contributed by atoms with E-state index in [1.54, 1.807) is 0 Å². The van der Waals surface area contributed by atoms with E-state index in [1.807, 2.05) is 20.8 Å². The van der Waals surface area contributed by atoms with Gasteiger partial charge in [-0.05, 0) is 39.8 Å². The molecular formula is C10H21N3O3. The fourth-order valence-electron chi connectivity index (χ4n) is 0.958. The Bertz CT molecular complexity index is 222. The highest BCUT2D eigenvalue weighted by Crippen LogP contribution is 2.06. The van der Waals surface area contributed by atoms with Gasteiger partial charge in [-0.25, -0.2) is 5.84 Å². The van der Waals surface area contributed by atoms with E-state index in [4.69, 9.17) is 5.84 Å². The maximum absolute atomic E-state index is 10.6. The number of hydrogen-bond donors (Lipinski definition) is 3. The Labute approximate surface area is 95.9 Å². The molecule has 94 valence electrons. The summed E-state index contributed by atoms with van der Waals surface area (Å²) in [7, 11) is 0. The monoisotopic (exact) mass is 231 g/mol. The fraction of sp³-hybridized carbons (Fsp3) is 0.800. The second kappa shape index (κ2) is 7.19. The first-order chi connectivity index (χ1) is 7.39. The zero-order chi connectivity index (χ0) is 12.6. The summed E-state index contributed by atoms with van der Waals surface area (Å²) in [5.41, 5.74) is 1.78.